The third-order valence-electron chi connectivity index (χ3n) is 2.65. The highest BCUT2D eigenvalue weighted by Crippen LogP contribution is 2.16. The monoisotopic (exact) mass is 314 g/mol. The molecule has 0 aliphatic rings. The SMILES string of the molecule is COC(=O)CC[C@H](NC(=O)c1cc(N)cc(Cl)c1)C(=O)O. The van der Waals surface area contributed by atoms with Crippen LogP contribution in [0.25, 0.3) is 0 Å². The lowest BCUT2D eigenvalue weighted by Gasteiger charge is -2.14. The van der Waals surface area contributed by atoms with Crippen LogP contribution in [-0.4, -0.2) is 36.1 Å². The number of ether oxygens (including phenoxy) is 1. The molecule has 0 saturated carbocycles. The van der Waals surface area contributed by atoms with Crippen LogP contribution in [-0.2, 0) is 14.3 Å². The minimum absolute atomic E-state index is 0.0796. The van der Waals surface area contributed by atoms with Gasteiger partial charge in [-0.1, -0.05) is 11.6 Å². The maximum absolute atomic E-state index is 12.0. The van der Waals surface area contributed by atoms with Gasteiger partial charge in [0.2, 0.25) is 0 Å². The largest absolute Gasteiger partial charge is 0.480 e. The number of carboxylic acid groups (broad SMARTS) is 1. The van der Waals surface area contributed by atoms with Gasteiger partial charge in [-0.3, -0.25) is 9.59 Å². The number of esters is 1. The zero-order valence-electron chi connectivity index (χ0n) is 11.3. The fourth-order valence-electron chi connectivity index (χ4n) is 1.61. The van der Waals surface area contributed by atoms with Gasteiger partial charge in [-0.2, -0.15) is 0 Å². The van der Waals surface area contributed by atoms with Gasteiger partial charge >= 0.3 is 11.9 Å². The molecule has 0 unspecified atom stereocenters. The number of nitrogen functional groups attached to an aromatic ring is 1. The summed E-state index contributed by atoms with van der Waals surface area (Å²) in [5.41, 5.74) is 5.99. The Balaban J connectivity index is 2.76. The normalized spacial score (nSPS) is 11.5. The molecule has 114 valence electrons. The summed E-state index contributed by atoms with van der Waals surface area (Å²) in [6.45, 7) is 0. The standard InChI is InChI=1S/C13H15ClN2O5/c1-21-11(17)3-2-10(13(19)20)16-12(18)7-4-8(14)6-9(15)5-7/h4-6,10H,2-3,15H2,1H3,(H,16,18)(H,19,20)/t10-/m0/s1. The van der Waals surface area contributed by atoms with Crippen LogP contribution in [0.3, 0.4) is 0 Å². The number of carbonyl (C=O) groups is 3. The number of carboxylic acids is 1. The van der Waals surface area contributed by atoms with Gasteiger partial charge in [-0.05, 0) is 24.6 Å². The number of benzene rings is 1. The quantitative estimate of drug-likeness (QED) is 0.533. The Bertz CT molecular complexity index is 541. The number of hydrogen-bond acceptors (Lipinski definition) is 5. The maximum atomic E-state index is 12.0. The summed E-state index contributed by atoms with van der Waals surface area (Å²) in [5.74, 6) is -2.44. The van der Waals surface area contributed by atoms with E-state index >= 15 is 0 Å². The molecule has 0 spiro atoms. The van der Waals surface area contributed by atoms with E-state index in [0.29, 0.717) is 0 Å². The number of carbonyl (C=O) groups excluding carboxylic acids is 2. The molecule has 1 aromatic carbocycles. The Morgan fingerprint density at radius 2 is 2.05 bits per heavy atom. The lowest BCUT2D eigenvalue weighted by molar-refractivity contribution is -0.142. The van der Waals surface area contributed by atoms with E-state index in [2.05, 4.69) is 10.1 Å². The second-order valence-electron chi connectivity index (χ2n) is 4.25. The van der Waals surface area contributed by atoms with E-state index in [4.69, 9.17) is 22.4 Å². The summed E-state index contributed by atoms with van der Waals surface area (Å²) < 4.78 is 4.42. The number of methoxy groups -OCH3 is 1. The summed E-state index contributed by atoms with van der Waals surface area (Å²) >= 11 is 5.78. The first-order valence-corrected chi connectivity index (χ1v) is 6.38. The van der Waals surface area contributed by atoms with E-state index in [1.54, 1.807) is 0 Å². The highest BCUT2D eigenvalue weighted by atomic mass is 35.5. The van der Waals surface area contributed by atoms with Crippen molar-refractivity contribution in [2.24, 2.45) is 0 Å². The molecule has 7 nitrogen and oxygen atoms in total. The fourth-order valence-corrected chi connectivity index (χ4v) is 1.85. The van der Waals surface area contributed by atoms with Crippen LogP contribution in [0.2, 0.25) is 5.02 Å². The van der Waals surface area contributed by atoms with Gasteiger partial charge in [-0.15, -0.1) is 0 Å². The summed E-state index contributed by atoms with van der Waals surface area (Å²) in [4.78, 5) is 34.1. The van der Waals surface area contributed by atoms with Crippen LogP contribution in [0.5, 0.6) is 0 Å². The predicted molar refractivity (Wildman–Crippen MR) is 76.0 cm³/mol. The number of halogens is 1. The average Bonchev–Trinajstić information content (AvgIpc) is 2.41. The van der Waals surface area contributed by atoms with Crippen molar-refractivity contribution in [2.75, 3.05) is 12.8 Å². The molecule has 0 saturated heterocycles. The Labute approximate surface area is 126 Å². The topological polar surface area (TPSA) is 119 Å². The highest BCUT2D eigenvalue weighted by molar-refractivity contribution is 6.31. The van der Waals surface area contributed by atoms with Gasteiger partial charge in [0.1, 0.15) is 6.04 Å². The molecule has 0 aromatic heterocycles. The molecule has 1 rings (SSSR count). The molecule has 0 aliphatic carbocycles. The molecular formula is C13H15ClN2O5. The number of hydrogen-bond donors (Lipinski definition) is 3. The summed E-state index contributed by atoms with van der Waals surface area (Å²) in [6.07, 6.45) is -0.199. The number of anilines is 1. The first-order valence-electron chi connectivity index (χ1n) is 6.00. The fraction of sp³-hybridized carbons (Fsp3) is 0.308. The molecule has 0 radical (unpaired) electrons. The maximum Gasteiger partial charge on any atom is 0.326 e. The molecular weight excluding hydrogens is 300 g/mol. The van der Waals surface area contributed by atoms with Gasteiger partial charge < -0.3 is 20.9 Å². The lowest BCUT2D eigenvalue weighted by Crippen LogP contribution is -2.41. The van der Waals surface area contributed by atoms with Crippen molar-refractivity contribution in [3.05, 3.63) is 28.8 Å². The van der Waals surface area contributed by atoms with Crippen LogP contribution >= 0.6 is 11.6 Å². The predicted octanol–water partition coefficient (Wildman–Crippen LogP) is 1.06. The van der Waals surface area contributed by atoms with Gasteiger partial charge in [0.25, 0.3) is 5.91 Å². The van der Waals surface area contributed by atoms with Crippen molar-refractivity contribution < 1.29 is 24.2 Å². The van der Waals surface area contributed by atoms with Crippen LogP contribution in [0.1, 0.15) is 23.2 Å². The van der Waals surface area contributed by atoms with E-state index in [9.17, 15) is 14.4 Å². The minimum atomic E-state index is -1.25. The Hall–Kier alpha value is -2.28. The van der Waals surface area contributed by atoms with Crippen LogP contribution in [0.15, 0.2) is 18.2 Å². The van der Waals surface area contributed by atoms with Crippen molar-refractivity contribution in [1.29, 1.82) is 0 Å². The number of nitrogens with two attached hydrogens (primary N) is 1. The number of amides is 1. The van der Waals surface area contributed by atoms with Crippen molar-refractivity contribution in [3.8, 4) is 0 Å². The van der Waals surface area contributed by atoms with Crippen molar-refractivity contribution in [3.63, 3.8) is 0 Å². The zero-order chi connectivity index (χ0) is 16.0. The summed E-state index contributed by atoms with van der Waals surface area (Å²) in [6, 6.07) is 2.99. The Morgan fingerprint density at radius 3 is 2.57 bits per heavy atom. The van der Waals surface area contributed by atoms with Crippen LogP contribution < -0.4 is 11.1 Å². The minimum Gasteiger partial charge on any atom is -0.480 e. The molecule has 4 N–H and O–H groups in total. The van der Waals surface area contributed by atoms with E-state index in [-0.39, 0.29) is 29.1 Å². The first-order chi connectivity index (χ1) is 9.83. The third kappa shape index (κ3) is 5.31. The molecule has 0 aliphatic heterocycles. The second-order valence-corrected chi connectivity index (χ2v) is 4.69. The average molecular weight is 315 g/mol. The van der Waals surface area contributed by atoms with Crippen molar-refractivity contribution >= 4 is 35.1 Å². The van der Waals surface area contributed by atoms with Gasteiger partial charge in [-0.25, -0.2) is 4.79 Å². The molecule has 1 amide bonds. The van der Waals surface area contributed by atoms with Gasteiger partial charge in [0.15, 0.2) is 0 Å². The summed E-state index contributed by atoms with van der Waals surface area (Å²) in [5, 5.41) is 11.6. The number of nitrogens with one attached hydrogen (secondary N) is 1. The van der Waals surface area contributed by atoms with E-state index in [1.165, 1.54) is 25.3 Å². The molecule has 21 heavy (non-hydrogen) atoms. The molecule has 1 atom stereocenters. The van der Waals surface area contributed by atoms with E-state index in [1.807, 2.05) is 0 Å². The summed E-state index contributed by atoms with van der Waals surface area (Å²) in [7, 11) is 1.20. The molecule has 1 aromatic rings. The molecule has 0 fully saturated rings. The third-order valence-corrected chi connectivity index (χ3v) is 2.87. The zero-order valence-corrected chi connectivity index (χ0v) is 12.0. The van der Waals surface area contributed by atoms with Crippen molar-refractivity contribution in [2.45, 2.75) is 18.9 Å². The van der Waals surface area contributed by atoms with Crippen LogP contribution in [0, 0.1) is 0 Å². The van der Waals surface area contributed by atoms with Crippen LogP contribution in [0.4, 0.5) is 5.69 Å². The molecule has 0 bridgehead atoms. The number of aliphatic carboxylic acids is 1. The Morgan fingerprint density at radius 1 is 1.38 bits per heavy atom. The van der Waals surface area contributed by atoms with E-state index in [0.717, 1.165) is 0 Å². The second kappa shape index (κ2) is 7.49. The lowest BCUT2D eigenvalue weighted by atomic mass is 10.1. The smallest absolute Gasteiger partial charge is 0.326 e. The Kier molecular flexibility index (Phi) is 5.98. The van der Waals surface area contributed by atoms with Gasteiger partial charge in [0, 0.05) is 22.7 Å². The molecule has 8 heteroatoms. The molecule has 0 heterocycles. The number of rotatable bonds is 6. The van der Waals surface area contributed by atoms with E-state index < -0.39 is 23.9 Å². The first kappa shape index (κ1) is 16.8. The highest BCUT2D eigenvalue weighted by Gasteiger charge is 2.22. The van der Waals surface area contributed by atoms with Crippen molar-refractivity contribution in [1.82, 2.24) is 5.32 Å². The van der Waals surface area contributed by atoms with Gasteiger partial charge in [0.05, 0.1) is 7.11 Å².